The summed E-state index contributed by atoms with van der Waals surface area (Å²) >= 11 is 0. The molecule has 3 nitrogen and oxygen atoms in total. The Morgan fingerprint density at radius 2 is 1.55 bits per heavy atom. The lowest BCUT2D eigenvalue weighted by molar-refractivity contribution is 0.491. The van der Waals surface area contributed by atoms with Gasteiger partial charge in [-0.1, -0.05) is 77.5 Å². The highest BCUT2D eigenvalue weighted by Gasteiger charge is 2.12. The van der Waals surface area contributed by atoms with E-state index in [2.05, 4.69) is 55.5 Å². The summed E-state index contributed by atoms with van der Waals surface area (Å²) in [5.74, 6) is 1.16. The number of para-hydroxylation sites is 1. The first kappa shape index (κ1) is 25.4. The lowest BCUT2D eigenvalue weighted by atomic mass is 9.91. The summed E-state index contributed by atoms with van der Waals surface area (Å²) in [6, 6.07) is 8.80. The molecule has 174 valence electrons. The van der Waals surface area contributed by atoms with Crippen molar-refractivity contribution in [3.8, 4) is 0 Å². The Bertz CT molecular complexity index is 766. The fraction of sp³-hybridized carbons (Fsp3) is 0.667. The largest absolute Gasteiger partial charge is 0.385 e. The van der Waals surface area contributed by atoms with E-state index in [1.54, 1.807) is 7.05 Å². The van der Waals surface area contributed by atoms with Crippen molar-refractivity contribution in [2.24, 2.45) is 13.0 Å². The second-order valence-electron chi connectivity index (χ2n) is 9.60. The topological polar surface area (TPSA) is 29.9 Å². The number of hydrogen-bond donors (Lipinski definition) is 1. The maximum atomic E-state index is 13.9. The number of unbranched alkanes of at least 4 members (excludes halogenated alkanes) is 7. The van der Waals surface area contributed by atoms with Crippen LogP contribution in [-0.2, 0) is 13.5 Å². The van der Waals surface area contributed by atoms with Gasteiger partial charge in [0.1, 0.15) is 0 Å². The molecule has 1 unspecified atom stereocenters. The predicted octanol–water partition coefficient (Wildman–Crippen LogP) is 7.79. The molecule has 2 rings (SSSR count). The molecule has 1 heterocycles. The van der Waals surface area contributed by atoms with Crippen molar-refractivity contribution in [2.75, 3.05) is 11.9 Å². The minimum absolute atomic E-state index is 0.164. The maximum Gasteiger partial charge on any atom is 0.214 e. The van der Waals surface area contributed by atoms with Gasteiger partial charge in [0.05, 0.1) is 5.69 Å². The second-order valence-corrected chi connectivity index (χ2v) is 9.60. The van der Waals surface area contributed by atoms with Crippen LogP contribution in [0.25, 0.3) is 0 Å². The SMILES string of the molecule is Cc1nn(C)c(F)c1CCCCCCCCCCNc1ccccc1C(C)CC(C)C. The summed E-state index contributed by atoms with van der Waals surface area (Å²) in [5, 5.41) is 7.83. The van der Waals surface area contributed by atoms with Crippen LogP contribution in [0.1, 0.15) is 101 Å². The summed E-state index contributed by atoms with van der Waals surface area (Å²) < 4.78 is 15.3. The molecule has 0 radical (unpaired) electrons. The molecule has 1 aromatic carbocycles. The number of anilines is 1. The summed E-state index contributed by atoms with van der Waals surface area (Å²) in [6.45, 7) is 9.90. The Kier molecular flexibility index (Phi) is 11.1. The number of rotatable bonds is 15. The Morgan fingerprint density at radius 1 is 0.935 bits per heavy atom. The van der Waals surface area contributed by atoms with Crippen LogP contribution in [0.2, 0.25) is 0 Å². The van der Waals surface area contributed by atoms with Crippen molar-refractivity contribution in [3.05, 3.63) is 47.0 Å². The smallest absolute Gasteiger partial charge is 0.214 e. The van der Waals surface area contributed by atoms with Crippen molar-refractivity contribution in [3.63, 3.8) is 0 Å². The molecule has 0 spiro atoms. The molecule has 1 N–H and O–H groups in total. The van der Waals surface area contributed by atoms with E-state index in [1.165, 1.54) is 67.3 Å². The number of aromatic nitrogens is 2. The quantitative estimate of drug-likeness (QED) is 0.293. The molecule has 0 saturated carbocycles. The van der Waals surface area contributed by atoms with Crippen LogP contribution in [0.3, 0.4) is 0 Å². The van der Waals surface area contributed by atoms with Crippen LogP contribution in [-0.4, -0.2) is 16.3 Å². The molecule has 1 atom stereocenters. The van der Waals surface area contributed by atoms with Crippen molar-refractivity contribution in [1.82, 2.24) is 9.78 Å². The van der Waals surface area contributed by atoms with Gasteiger partial charge in [-0.2, -0.15) is 9.49 Å². The third-order valence-electron chi connectivity index (χ3n) is 6.26. The van der Waals surface area contributed by atoms with Gasteiger partial charge >= 0.3 is 0 Å². The van der Waals surface area contributed by atoms with Crippen LogP contribution in [0, 0.1) is 18.8 Å². The van der Waals surface area contributed by atoms with E-state index in [4.69, 9.17) is 0 Å². The first-order chi connectivity index (χ1) is 14.9. The minimum Gasteiger partial charge on any atom is -0.385 e. The lowest BCUT2D eigenvalue weighted by Gasteiger charge is -2.19. The molecule has 0 bridgehead atoms. The van der Waals surface area contributed by atoms with Crippen molar-refractivity contribution >= 4 is 5.69 Å². The summed E-state index contributed by atoms with van der Waals surface area (Å²) in [7, 11) is 1.67. The molecular weight excluding hydrogens is 385 g/mol. The second kappa shape index (κ2) is 13.5. The van der Waals surface area contributed by atoms with Gasteiger partial charge in [0, 0.05) is 24.8 Å². The van der Waals surface area contributed by atoms with Crippen LogP contribution in [0.5, 0.6) is 0 Å². The van der Waals surface area contributed by atoms with Gasteiger partial charge in [0.25, 0.3) is 0 Å². The summed E-state index contributed by atoms with van der Waals surface area (Å²) in [5.41, 5.74) is 4.41. The monoisotopic (exact) mass is 429 g/mol. The van der Waals surface area contributed by atoms with Crippen molar-refractivity contribution < 1.29 is 4.39 Å². The highest BCUT2D eigenvalue weighted by Crippen LogP contribution is 2.29. The van der Waals surface area contributed by atoms with Crippen LogP contribution < -0.4 is 5.32 Å². The average molecular weight is 430 g/mol. The first-order valence-electron chi connectivity index (χ1n) is 12.4. The number of nitrogens with zero attached hydrogens (tertiary/aromatic N) is 2. The summed E-state index contributed by atoms with van der Waals surface area (Å²) in [6.07, 6.45) is 12.0. The number of hydrogen-bond acceptors (Lipinski definition) is 2. The molecule has 0 amide bonds. The van der Waals surface area contributed by atoms with Crippen molar-refractivity contribution in [2.45, 2.75) is 97.8 Å². The van der Waals surface area contributed by atoms with E-state index in [0.29, 0.717) is 5.92 Å². The highest BCUT2D eigenvalue weighted by atomic mass is 19.1. The molecule has 0 aliphatic heterocycles. The van der Waals surface area contributed by atoms with Gasteiger partial charge < -0.3 is 5.32 Å². The number of benzene rings is 1. The van der Waals surface area contributed by atoms with E-state index >= 15 is 0 Å². The van der Waals surface area contributed by atoms with Gasteiger partial charge in [0.15, 0.2) is 0 Å². The zero-order valence-electron chi connectivity index (χ0n) is 20.5. The fourth-order valence-electron chi connectivity index (χ4n) is 4.59. The van der Waals surface area contributed by atoms with Gasteiger partial charge in [-0.15, -0.1) is 0 Å². The lowest BCUT2D eigenvalue weighted by Crippen LogP contribution is -2.07. The number of aryl methyl sites for hydroxylation is 2. The summed E-state index contributed by atoms with van der Waals surface area (Å²) in [4.78, 5) is 0. The molecule has 1 aromatic heterocycles. The van der Waals surface area contributed by atoms with Crippen LogP contribution in [0.15, 0.2) is 24.3 Å². The van der Waals surface area contributed by atoms with Gasteiger partial charge in [0.2, 0.25) is 5.95 Å². The standard InChI is InChI=1S/C27H44FN3/c1-21(2)20-22(3)24-16-13-14-18-26(24)29-19-15-11-9-7-6-8-10-12-17-25-23(4)30-31(5)27(25)28/h13-14,16,18,21-22,29H,6-12,15,17,19-20H2,1-5H3. The Morgan fingerprint density at radius 3 is 2.16 bits per heavy atom. The molecule has 0 fully saturated rings. The van der Waals surface area contributed by atoms with Crippen LogP contribution >= 0.6 is 0 Å². The normalized spacial score (nSPS) is 12.5. The first-order valence-corrected chi connectivity index (χ1v) is 12.4. The molecular formula is C27H44FN3. The third kappa shape index (κ3) is 8.66. The fourth-order valence-corrected chi connectivity index (χ4v) is 4.59. The van der Waals surface area contributed by atoms with E-state index in [1.807, 2.05) is 6.92 Å². The maximum absolute atomic E-state index is 13.9. The molecule has 0 aliphatic rings. The van der Waals surface area contributed by atoms with Crippen LogP contribution in [0.4, 0.5) is 10.1 Å². The number of nitrogens with one attached hydrogen (secondary N) is 1. The highest BCUT2D eigenvalue weighted by molar-refractivity contribution is 5.52. The van der Waals surface area contributed by atoms with Crippen molar-refractivity contribution in [1.29, 1.82) is 0 Å². The Balaban J connectivity index is 1.52. The van der Waals surface area contributed by atoms with E-state index in [9.17, 15) is 4.39 Å². The predicted molar refractivity (Wildman–Crippen MR) is 131 cm³/mol. The van der Waals surface area contributed by atoms with E-state index in [-0.39, 0.29) is 5.95 Å². The third-order valence-corrected chi connectivity index (χ3v) is 6.26. The molecule has 0 aliphatic carbocycles. The van der Waals surface area contributed by atoms with E-state index < -0.39 is 0 Å². The van der Waals surface area contributed by atoms with E-state index in [0.717, 1.165) is 36.6 Å². The molecule has 4 heteroatoms. The van der Waals surface area contributed by atoms with Gasteiger partial charge in [-0.3, -0.25) is 0 Å². The van der Waals surface area contributed by atoms with Gasteiger partial charge in [-0.05, 0) is 56.1 Å². The van der Waals surface area contributed by atoms with Gasteiger partial charge in [-0.25, -0.2) is 4.68 Å². The average Bonchev–Trinajstić information content (AvgIpc) is 2.97. The molecule has 31 heavy (non-hydrogen) atoms. The zero-order chi connectivity index (χ0) is 22.6. The molecule has 2 aromatic rings. The Hall–Kier alpha value is -1.84. The zero-order valence-corrected chi connectivity index (χ0v) is 20.5. The Labute approximate surface area is 189 Å². The number of halogens is 1. The molecule has 0 saturated heterocycles. The minimum atomic E-state index is -0.164.